The maximum Gasteiger partial charge on any atom is 0.134 e. The Bertz CT molecular complexity index is 661. The van der Waals surface area contributed by atoms with Crippen LogP contribution in [-0.2, 0) is 11.3 Å². The largest absolute Gasteiger partial charge is 0.380 e. The van der Waals surface area contributed by atoms with Crippen molar-refractivity contribution in [1.82, 2.24) is 24.4 Å². The number of aromatic nitrogens is 4. The minimum atomic E-state index is 0.251. The fourth-order valence-corrected chi connectivity index (χ4v) is 3.42. The van der Waals surface area contributed by atoms with Crippen molar-refractivity contribution in [2.45, 2.75) is 31.5 Å². The number of nitrogens with one attached hydrogen (secondary N) is 1. The fraction of sp³-hybridized carbons (Fsp3) is 0.611. The van der Waals surface area contributed by atoms with Gasteiger partial charge < -0.3 is 24.4 Å². The van der Waals surface area contributed by atoms with Gasteiger partial charge in [-0.15, -0.1) is 0 Å². The third-order valence-electron chi connectivity index (χ3n) is 4.69. The first kappa shape index (κ1) is 18.6. The molecule has 0 saturated carbocycles. The molecule has 1 aliphatic rings. The van der Waals surface area contributed by atoms with E-state index in [9.17, 15) is 0 Å². The number of imidazole rings is 1. The molecule has 1 N–H and O–H groups in total. The summed E-state index contributed by atoms with van der Waals surface area (Å²) in [6, 6.07) is 2.44. The van der Waals surface area contributed by atoms with E-state index in [0.29, 0.717) is 6.04 Å². The molecular formula is C18H29N7O. The van der Waals surface area contributed by atoms with Crippen molar-refractivity contribution in [2.75, 3.05) is 51.1 Å². The van der Waals surface area contributed by atoms with E-state index in [-0.39, 0.29) is 6.10 Å². The van der Waals surface area contributed by atoms with Gasteiger partial charge in [-0.1, -0.05) is 0 Å². The maximum absolute atomic E-state index is 5.59. The number of likely N-dealkylation sites (N-methyl/N-ethyl adjacent to an activating group) is 1. The molecule has 3 rings (SSSR count). The highest BCUT2D eigenvalue weighted by Gasteiger charge is 2.33. The van der Waals surface area contributed by atoms with Crippen LogP contribution < -0.4 is 10.2 Å². The zero-order valence-corrected chi connectivity index (χ0v) is 15.9. The van der Waals surface area contributed by atoms with Gasteiger partial charge in [-0.05, 0) is 26.9 Å². The van der Waals surface area contributed by atoms with Crippen molar-refractivity contribution in [3.8, 4) is 0 Å². The van der Waals surface area contributed by atoms with Gasteiger partial charge >= 0.3 is 0 Å². The van der Waals surface area contributed by atoms with Crippen LogP contribution in [0.15, 0.2) is 31.1 Å². The Hall–Kier alpha value is -2.19. The van der Waals surface area contributed by atoms with Crippen LogP contribution in [0.1, 0.15) is 12.8 Å². The van der Waals surface area contributed by atoms with Crippen LogP contribution in [0, 0.1) is 0 Å². The molecule has 0 amide bonds. The lowest BCUT2D eigenvalue weighted by atomic mass is 10.2. The molecule has 2 aromatic heterocycles. The Morgan fingerprint density at radius 2 is 2.23 bits per heavy atom. The van der Waals surface area contributed by atoms with E-state index in [0.717, 1.165) is 50.7 Å². The summed E-state index contributed by atoms with van der Waals surface area (Å²) in [4.78, 5) is 17.5. The summed E-state index contributed by atoms with van der Waals surface area (Å²) < 4.78 is 7.67. The van der Waals surface area contributed by atoms with E-state index >= 15 is 0 Å². The van der Waals surface area contributed by atoms with Gasteiger partial charge in [-0.2, -0.15) is 0 Å². The van der Waals surface area contributed by atoms with Crippen LogP contribution in [0.4, 0.5) is 11.6 Å². The minimum Gasteiger partial charge on any atom is -0.380 e. The molecule has 1 saturated heterocycles. The molecule has 8 nitrogen and oxygen atoms in total. The second-order valence-electron chi connectivity index (χ2n) is 7.00. The quantitative estimate of drug-likeness (QED) is 0.677. The van der Waals surface area contributed by atoms with Crippen molar-refractivity contribution >= 4 is 11.6 Å². The minimum absolute atomic E-state index is 0.251. The summed E-state index contributed by atoms with van der Waals surface area (Å²) in [5.74, 6) is 1.83. The Balaban J connectivity index is 1.58. The van der Waals surface area contributed by atoms with E-state index in [1.54, 1.807) is 19.6 Å². The normalized spacial score (nSPS) is 20.1. The second kappa shape index (κ2) is 8.95. The molecule has 26 heavy (non-hydrogen) atoms. The highest BCUT2D eigenvalue weighted by atomic mass is 16.5. The second-order valence-corrected chi connectivity index (χ2v) is 7.00. The van der Waals surface area contributed by atoms with E-state index in [2.05, 4.69) is 48.7 Å². The third-order valence-corrected chi connectivity index (χ3v) is 4.69. The highest BCUT2D eigenvalue weighted by molar-refractivity contribution is 5.50. The van der Waals surface area contributed by atoms with E-state index in [4.69, 9.17) is 4.74 Å². The number of nitrogens with zero attached hydrogens (tertiary/aromatic N) is 6. The van der Waals surface area contributed by atoms with Crippen molar-refractivity contribution in [1.29, 1.82) is 0 Å². The summed E-state index contributed by atoms with van der Waals surface area (Å²) in [7, 11) is 5.99. The standard InChI is InChI=1S/C18H29N7O/c1-23(2)11-15-9-16(26-3)12-25(15)18-10-17(21-13-22-18)20-5-4-7-24-8-6-19-14-24/h6,8,10,13-16H,4-5,7,9,11-12H2,1-3H3,(H,20,21,22)/t15-,16-/m0/s1. The molecule has 2 atom stereocenters. The average Bonchev–Trinajstić information content (AvgIpc) is 3.28. The number of methoxy groups -OCH3 is 1. The fourth-order valence-electron chi connectivity index (χ4n) is 3.42. The highest BCUT2D eigenvalue weighted by Crippen LogP contribution is 2.26. The van der Waals surface area contributed by atoms with Gasteiger partial charge in [0.05, 0.1) is 12.4 Å². The van der Waals surface area contributed by atoms with E-state index in [1.807, 2.05) is 18.6 Å². The first-order valence-electron chi connectivity index (χ1n) is 9.11. The molecule has 1 aliphatic heterocycles. The van der Waals surface area contributed by atoms with Crippen LogP contribution in [-0.4, -0.2) is 77.4 Å². The van der Waals surface area contributed by atoms with Gasteiger partial charge in [0.15, 0.2) is 0 Å². The van der Waals surface area contributed by atoms with Gasteiger partial charge in [-0.3, -0.25) is 0 Å². The topological polar surface area (TPSA) is 71.3 Å². The molecule has 1 fully saturated rings. The van der Waals surface area contributed by atoms with Crippen molar-refractivity contribution in [3.63, 3.8) is 0 Å². The summed E-state index contributed by atoms with van der Waals surface area (Å²) >= 11 is 0. The molecule has 2 aromatic rings. The summed E-state index contributed by atoms with van der Waals surface area (Å²) in [6.07, 6.45) is 9.54. The molecule has 0 aliphatic carbocycles. The molecule has 0 spiro atoms. The van der Waals surface area contributed by atoms with E-state index in [1.165, 1.54) is 0 Å². The number of ether oxygens (including phenoxy) is 1. The third kappa shape index (κ3) is 4.92. The molecule has 8 heteroatoms. The predicted octanol–water partition coefficient (Wildman–Crippen LogP) is 1.33. The van der Waals surface area contributed by atoms with Crippen LogP contribution in [0.3, 0.4) is 0 Å². The first-order chi connectivity index (χ1) is 12.7. The molecule has 0 radical (unpaired) electrons. The Kier molecular flexibility index (Phi) is 6.40. The number of hydrogen-bond acceptors (Lipinski definition) is 7. The Morgan fingerprint density at radius 1 is 1.35 bits per heavy atom. The lowest BCUT2D eigenvalue weighted by Crippen LogP contribution is -2.38. The smallest absolute Gasteiger partial charge is 0.134 e. The lowest BCUT2D eigenvalue weighted by Gasteiger charge is -2.27. The van der Waals surface area contributed by atoms with Crippen LogP contribution >= 0.6 is 0 Å². The van der Waals surface area contributed by atoms with Crippen molar-refractivity contribution in [3.05, 3.63) is 31.1 Å². The molecule has 0 unspecified atom stereocenters. The lowest BCUT2D eigenvalue weighted by molar-refractivity contribution is 0.117. The monoisotopic (exact) mass is 359 g/mol. The molecule has 0 aromatic carbocycles. The van der Waals surface area contributed by atoms with Crippen molar-refractivity contribution < 1.29 is 4.74 Å². The molecular weight excluding hydrogens is 330 g/mol. The van der Waals surface area contributed by atoms with Gasteiger partial charge in [0, 0.05) is 57.8 Å². The van der Waals surface area contributed by atoms with Gasteiger partial charge in [0.1, 0.15) is 18.0 Å². The van der Waals surface area contributed by atoms with Crippen LogP contribution in [0.5, 0.6) is 0 Å². The van der Waals surface area contributed by atoms with Crippen LogP contribution in [0.25, 0.3) is 0 Å². The summed E-state index contributed by atoms with van der Waals surface area (Å²) in [6.45, 7) is 3.65. The van der Waals surface area contributed by atoms with Crippen LogP contribution in [0.2, 0.25) is 0 Å². The van der Waals surface area contributed by atoms with Gasteiger partial charge in [0.25, 0.3) is 0 Å². The number of rotatable bonds is 9. The summed E-state index contributed by atoms with van der Waals surface area (Å²) in [5, 5.41) is 3.40. The SMILES string of the molecule is CO[C@H]1C[C@@H](CN(C)C)N(c2cc(NCCCn3ccnc3)ncn2)C1. The zero-order chi connectivity index (χ0) is 18.4. The first-order valence-corrected chi connectivity index (χ1v) is 9.11. The van der Waals surface area contributed by atoms with E-state index < -0.39 is 0 Å². The number of anilines is 2. The predicted molar refractivity (Wildman–Crippen MR) is 102 cm³/mol. The van der Waals surface area contributed by atoms with Gasteiger partial charge in [-0.25, -0.2) is 15.0 Å². The number of hydrogen-bond donors (Lipinski definition) is 1. The zero-order valence-electron chi connectivity index (χ0n) is 15.9. The Labute approximate surface area is 155 Å². The van der Waals surface area contributed by atoms with Gasteiger partial charge in [0.2, 0.25) is 0 Å². The average molecular weight is 359 g/mol. The molecule has 142 valence electrons. The Morgan fingerprint density at radius 3 is 2.96 bits per heavy atom. The molecule has 3 heterocycles. The van der Waals surface area contributed by atoms with Crippen molar-refractivity contribution in [2.24, 2.45) is 0 Å². The summed E-state index contributed by atoms with van der Waals surface area (Å²) in [5.41, 5.74) is 0. The number of aryl methyl sites for hydroxylation is 1. The maximum atomic E-state index is 5.59. The molecule has 0 bridgehead atoms.